The van der Waals surface area contributed by atoms with Crippen LogP contribution in [0.3, 0.4) is 0 Å². The van der Waals surface area contributed by atoms with Crippen LogP contribution in [0.1, 0.15) is 34.6 Å². The molecule has 1 aliphatic heterocycles. The average Bonchev–Trinajstić information content (AvgIpc) is 2.49. The third-order valence-electron chi connectivity index (χ3n) is 3.23. The summed E-state index contributed by atoms with van der Waals surface area (Å²) in [5, 5.41) is -0.738. The van der Waals surface area contributed by atoms with Crippen molar-refractivity contribution in [3.63, 3.8) is 0 Å². The molecule has 1 saturated heterocycles. The molecule has 0 aliphatic carbocycles. The van der Waals surface area contributed by atoms with Crippen LogP contribution in [0, 0.1) is 0 Å². The summed E-state index contributed by atoms with van der Waals surface area (Å²) in [5.41, 5.74) is -1.07. The molecule has 27 heavy (non-hydrogen) atoms. The molecule has 0 radical (unpaired) electrons. The van der Waals surface area contributed by atoms with Crippen molar-refractivity contribution in [2.75, 3.05) is 6.61 Å². The van der Waals surface area contributed by atoms with Crippen LogP contribution in [0.4, 0.5) is 0 Å². The Balaban J connectivity index is 3.29. The topological polar surface area (TPSA) is 132 Å². The molecule has 0 saturated carbocycles. The molecule has 0 aromatic heterocycles. The van der Waals surface area contributed by atoms with E-state index in [1.54, 1.807) is 0 Å². The second-order valence-electron chi connectivity index (χ2n) is 5.68. The zero-order chi connectivity index (χ0) is 20.7. The number of carbonyl (C=O) groups is 5. The monoisotopic (exact) mass is 406 g/mol. The zero-order valence-corrected chi connectivity index (χ0v) is 16.4. The molecule has 0 aromatic rings. The standard InChI is InChI=1S/C16H22O10S/c1-7(17)22-6-12-13(23-8(2)18)14(24-9(3)19)15(25-10(4)20)16(27-12)26-11(5)21/h12-16H,6H2,1-5H3/t12-,13-,14+,15+,16-/m0/s1. The van der Waals surface area contributed by atoms with Crippen molar-refractivity contribution in [1.29, 1.82) is 0 Å². The lowest BCUT2D eigenvalue weighted by molar-refractivity contribution is -0.195. The van der Waals surface area contributed by atoms with Crippen molar-refractivity contribution in [2.45, 2.75) is 63.6 Å². The van der Waals surface area contributed by atoms with Gasteiger partial charge in [0.2, 0.25) is 0 Å². The van der Waals surface area contributed by atoms with Crippen LogP contribution < -0.4 is 0 Å². The van der Waals surface area contributed by atoms with Crippen LogP contribution in [0.5, 0.6) is 0 Å². The first-order valence-electron chi connectivity index (χ1n) is 7.99. The summed E-state index contributed by atoms with van der Waals surface area (Å²) in [5.74, 6) is -3.36. The molecule has 10 nitrogen and oxygen atoms in total. The van der Waals surface area contributed by atoms with Crippen molar-refractivity contribution in [3.8, 4) is 0 Å². The van der Waals surface area contributed by atoms with E-state index >= 15 is 0 Å². The summed E-state index contributed by atoms with van der Waals surface area (Å²) in [6, 6.07) is 0. The quantitative estimate of drug-likeness (QED) is 0.447. The van der Waals surface area contributed by atoms with Gasteiger partial charge in [0.1, 0.15) is 6.61 Å². The second kappa shape index (κ2) is 10.1. The molecule has 1 heterocycles. The fourth-order valence-corrected chi connectivity index (χ4v) is 3.86. The molecule has 0 aromatic carbocycles. The van der Waals surface area contributed by atoms with Crippen LogP contribution >= 0.6 is 11.8 Å². The van der Waals surface area contributed by atoms with E-state index in [0.717, 1.165) is 39.5 Å². The summed E-state index contributed by atoms with van der Waals surface area (Å²) in [4.78, 5) is 57.2. The van der Waals surface area contributed by atoms with Crippen LogP contribution in [0.25, 0.3) is 0 Å². The summed E-state index contributed by atoms with van der Waals surface area (Å²) < 4.78 is 25.8. The first-order valence-corrected chi connectivity index (χ1v) is 8.93. The molecule has 1 aliphatic rings. The van der Waals surface area contributed by atoms with Gasteiger partial charge >= 0.3 is 29.8 Å². The van der Waals surface area contributed by atoms with E-state index < -0.39 is 58.8 Å². The minimum Gasteiger partial charge on any atom is -0.465 e. The fourth-order valence-electron chi connectivity index (χ4n) is 2.45. The SMILES string of the molecule is CC(=O)OC[C@@H]1S[C@H](OC(C)=O)[C@H](OC(C)=O)[C@H](OC(C)=O)[C@H]1OC(C)=O. The first kappa shape index (κ1) is 22.7. The number of thioether (sulfide) groups is 1. The smallest absolute Gasteiger partial charge is 0.303 e. The van der Waals surface area contributed by atoms with Gasteiger partial charge in [0.25, 0.3) is 0 Å². The highest BCUT2D eigenvalue weighted by atomic mass is 32.2. The largest absolute Gasteiger partial charge is 0.465 e. The van der Waals surface area contributed by atoms with E-state index in [1.165, 1.54) is 6.92 Å². The molecule has 1 rings (SSSR count). The number of hydrogen-bond acceptors (Lipinski definition) is 11. The van der Waals surface area contributed by atoms with E-state index in [4.69, 9.17) is 23.7 Å². The highest BCUT2D eigenvalue weighted by Crippen LogP contribution is 2.38. The van der Waals surface area contributed by atoms with E-state index in [0.29, 0.717) is 0 Å². The predicted molar refractivity (Wildman–Crippen MR) is 90.2 cm³/mol. The van der Waals surface area contributed by atoms with Gasteiger partial charge in [-0.15, -0.1) is 11.8 Å². The molecule has 11 heteroatoms. The van der Waals surface area contributed by atoms with E-state index in [-0.39, 0.29) is 6.61 Å². The van der Waals surface area contributed by atoms with Crippen molar-refractivity contribution < 1.29 is 47.7 Å². The highest BCUT2D eigenvalue weighted by molar-refractivity contribution is 8.00. The molecule has 5 atom stereocenters. The molecule has 0 bridgehead atoms. The summed E-state index contributed by atoms with van der Waals surface area (Å²) in [6.45, 7) is 5.55. The number of carbonyl (C=O) groups excluding carboxylic acids is 5. The van der Waals surface area contributed by atoms with Gasteiger partial charge in [-0.05, 0) is 0 Å². The van der Waals surface area contributed by atoms with Gasteiger partial charge in [0.15, 0.2) is 23.7 Å². The lowest BCUT2D eigenvalue weighted by Crippen LogP contribution is -2.59. The maximum absolute atomic E-state index is 11.6. The second-order valence-corrected chi connectivity index (χ2v) is 7.02. The Morgan fingerprint density at radius 1 is 0.630 bits per heavy atom. The molecule has 0 N–H and O–H groups in total. The number of ether oxygens (including phenoxy) is 5. The van der Waals surface area contributed by atoms with Crippen LogP contribution in [-0.4, -0.2) is 65.5 Å². The molecular weight excluding hydrogens is 384 g/mol. The van der Waals surface area contributed by atoms with E-state index in [1.807, 2.05) is 0 Å². The average molecular weight is 406 g/mol. The van der Waals surface area contributed by atoms with Crippen molar-refractivity contribution in [3.05, 3.63) is 0 Å². The first-order chi connectivity index (χ1) is 12.5. The van der Waals surface area contributed by atoms with Gasteiger partial charge in [-0.3, -0.25) is 24.0 Å². The van der Waals surface area contributed by atoms with Gasteiger partial charge in [0, 0.05) is 34.6 Å². The summed E-state index contributed by atoms with van der Waals surface area (Å²) >= 11 is 0.967. The fraction of sp³-hybridized carbons (Fsp3) is 0.688. The van der Waals surface area contributed by atoms with Gasteiger partial charge < -0.3 is 23.7 Å². The summed E-state index contributed by atoms with van der Waals surface area (Å²) in [7, 11) is 0. The van der Waals surface area contributed by atoms with Gasteiger partial charge in [-0.2, -0.15) is 0 Å². The Bertz CT molecular complexity index is 604. The van der Waals surface area contributed by atoms with Crippen LogP contribution in [0.2, 0.25) is 0 Å². The lowest BCUT2D eigenvalue weighted by Gasteiger charge is -2.43. The van der Waals surface area contributed by atoms with Crippen LogP contribution in [0.15, 0.2) is 0 Å². The van der Waals surface area contributed by atoms with Gasteiger partial charge in [-0.25, -0.2) is 0 Å². The predicted octanol–water partition coefficient (Wildman–Crippen LogP) is 0.349. The van der Waals surface area contributed by atoms with Crippen molar-refractivity contribution in [1.82, 2.24) is 0 Å². The van der Waals surface area contributed by atoms with Gasteiger partial charge in [-0.1, -0.05) is 0 Å². The summed E-state index contributed by atoms with van der Waals surface area (Å²) in [6.07, 6.45) is -3.59. The van der Waals surface area contributed by atoms with Crippen LogP contribution in [-0.2, 0) is 47.7 Å². The highest BCUT2D eigenvalue weighted by Gasteiger charge is 2.53. The molecule has 0 spiro atoms. The Hall–Kier alpha value is -2.30. The van der Waals surface area contributed by atoms with Crippen molar-refractivity contribution >= 4 is 41.6 Å². The minimum absolute atomic E-state index is 0.208. The Kier molecular flexibility index (Phi) is 8.54. The normalized spacial score (nSPS) is 27.1. The molecule has 152 valence electrons. The molecule has 0 amide bonds. The Morgan fingerprint density at radius 2 is 1.07 bits per heavy atom. The Labute approximate surface area is 160 Å². The van der Waals surface area contributed by atoms with Crippen molar-refractivity contribution in [2.24, 2.45) is 0 Å². The number of hydrogen-bond donors (Lipinski definition) is 0. The van der Waals surface area contributed by atoms with E-state index in [9.17, 15) is 24.0 Å². The maximum atomic E-state index is 11.6. The molecule has 1 fully saturated rings. The number of esters is 5. The third kappa shape index (κ3) is 7.45. The van der Waals surface area contributed by atoms with Gasteiger partial charge in [0.05, 0.1) is 5.25 Å². The zero-order valence-electron chi connectivity index (χ0n) is 15.6. The lowest BCUT2D eigenvalue weighted by atomic mass is 10.0. The van der Waals surface area contributed by atoms with E-state index in [2.05, 4.69) is 0 Å². The Morgan fingerprint density at radius 3 is 1.52 bits per heavy atom. The minimum atomic E-state index is -1.26. The molecular formula is C16H22O10S. The number of rotatable bonds is 6. The molecule has 0 unspecified atom stereocenters. The maximum Gasteiger partial charge on any atom is 0.303 e. The third-order valence-corrected chi connectivity index (χ3v) is 4.62.